The molecule has 2 aliphatic rings. The molecule has 0 unspecified atom stereocenters. The first-order chi connectivity index (χ1) is 9.89. The third-order valence-electron chi connectivity index (χ3n) is 4.84. The molecule has 1 heterocycles. The van der Waals surface area contributed by atoms with Crippen LogP contribution in [0.25, 0.3) is 0 Å². The molecule has 1 saturated carbocycles. The second kappa shape index (κ2) is 8.42. The van der Waals surface area contributed by atoms with Gasteiger partial charge in [0.1, 0.15) is 0 Å². The van der Waals surface area contributed by atoms with Crippen LogP contribution in [0.3, 0.4) is 0 Å². The quantitative estimate of drug-likeness (QED) is 0.847. The summed E-state index contributed by atoms with van der Waals surface area (Å²) in [5.74, 6) is 1.21. The van der Waals surface area contributed by atoms with Crippen LogP contribution >= 0.6 is 24.2 Å². The number of rotatable bonds is 4. The zero-order valence-corrected chi connectivity index (χ0v) is 14.4. The molecule has 1 aliphatic heterocycles. The highest BCUT2D eigenvalue weighted by molar-refractivity contribution is 7.99. The molecule has 0 amide bonds. The fraction of sp³-hybridized carbons (Fsp3) is 0.647. The van der Waals surface area contributed by atoms with Crippen molar-refractivity contribution in [3.05, 3.63) is 30.3 Å². The van der Waals surface area contributed by atoms with Crippen LogP contribution in [0.1, 0.15) is 32.1 Å². The number of nitrogens with one attached hydrogen (secondary N) is 1. The van der Waals surface area contributed by atoms with Gasteiger partial charge in [0.2, 0.25) is 0 Å². The number of hydrogen-bond acceptors (Lipinski definition) is 3. The predicted octanol–water partition coefficient (Wildman–Crippen LogP) is 3.81. The Hall–Kier alpha value is -0.220. The maximum Gasteiger partial charge on any atom is 0.0334 e. The maximum atomic E-state index is 3.63. The average molecular weight is 327 g/mol. The van der Waals surface area contributed by atoms with Gasteiger partial charge in [-0.15, -0.1) is 24.2 Å². The van der Waals surface area contributed by atoms with E-state index in [1.165, 1.54) is 62.4 Å². The van der Waals surface area contributed by atoms with Crippen molar-refractivity contribution in [2.75, 3.05) is 31.9 Å². The molecule has 2 nitrogen and oxygen atoms in total. The first-order valence-electron chi connectivity index (χ1n) is 8.03. The first kappa shape index (κ1) is 17.1. The van der Waals surface area contributed by atoms with E-state index in [0.717, 1.165) is 6.54 Å². The Labute approximate surface area is 139 Å². The van der Waals surface area contributed by atoms with Gasteiger partial charge >= 0.3 is 0 Å². The van der Waals surface area contributed by atoms with Gasteiger partial charge in [-0.1, -0.05) is 37.5 Å². The number of thioether (sulfide) groups is 1. The summed E-state index contributed by atoms with van der Waals surface area (Å²) in [4.78, 5) is 4.19. The van der Waals surface area contributed by atoms with E-state index in [0.29, 0.717) is 5.54 Å². The summed E-state index contributed by atoms with van der Waals surface area (Å²) < 4.78 is 0. The van der Waals surface area contributed by atoms with Crippen molar-refractivity contribution in [2.45, 2.75) is 42.5 Å². The van der Waals surface area contributed by atoms with Crippen LogP contribution in [0.2, 0.25) is 0 Å². The number of hydrogen-bond donors (Lipinski definition) is 1. The van der Waals surface area contributed by atoms with E-state index in [-0.39, 0.29) is 12.4 Å². The number of nitrogens with zero attached hydrogens (tertiary/aromatic N) is 1. The molecule has 1 spiro atoms. The fourth-order valence-corrected chi connectivity index (χ4v) is 4.62. The smallest absolute Gasteiger partial charge is 0.0334 e. The largest absolute Gasteiger partial charge is 0.314 e. The lowest BCUT2D eigenvalue weighted by Crippen LogP contribution is -2.62. The van der Waals surface area contributed by atoms with Gasteiger partial charge in [-0.05, 0) is 25.0 Å². The third kappa shape index (κ3) is 4.38. The van der Waals surface area contributed by atoms with E-state index < -0.39 is 0 Å². The Bertz CT molecular complexity index is 398. The minimum atomic E-state index is 0. The summed E-state index contributed by atoms with van der Waals surface area (Å²) in [6.45, 7) is 4.84. The number of halogens is 1. The minimum Gasteiger partial charge on any atom is -0.314 e. The fourth-order valence-electron chi connectivity index (χ4n) is 3.73. The highest BCUT2D eigenvalue weighted by Crippen LogP contribution is 2.34. The van der Waals surface area contributed by atoms with Crippen molar-refractivity contribution in [1.82, 2.24) is 10.2 Å². The topological polar surface area (TPSA) is 15.3 Å². The van der Waals surface area contributed by atoms with Crippen molar-refractivity contribution in [2.24, 2.45) is 0 Å². The molecule has 0 radical (unpaired) electrons. The van der Waals surface area contributed by atoms with E-state index in [9.17, 15) is 0 Å². The van der Waals surface area contributed by atoms with Crippen LogP contribution in [-0.4, -0.2) is 42.4 Å². The molecule has 0 bridgehead atoms. The van der Waals surface area contributed by atoms with Gasteiger partial charge in [-0.25, -0.2) is 0 Å². The van der Waals surface area contributed by atoms with Crippen molar-refractivity contribution >= 4 is 24.2 Å². The van der Waals surface area contributed by atoms with Crippen LogP contribution in [0, 0.1) is 0 Å². The Morgan fingerprint density at radius 3 is 2.62 bits per heavy atom. The molecule has 2 fully saturated rings. The highest BCUT2D eigenvalue weighted by Gasteiger charge is 2.39. The molecule has 0 aromatic heterocycles. The highest BCUT2D eigenvalue weighted by atomic mass is 35.5. The van der Waals surface area contributed by atoms with Crippen LogP contribution in [0.5, 0.6) is 0 Å². The summed E-state index contributed by atoms with van der Waals surface area (Å²) in [6, 6.07) is 10.8. The van der Waals surface area contributed by atoms with Crippen molar-refractivity contribution in [1.29, 1.82) is 0 Å². The van der Waals surface area contributed by atoms with E-state index >= 15 is 0 Å². The SMILES string of the molecule is Cl.c1ccc(SCCN2CCNCC23CCCCC3)cc1. The molecule has 1 saturated heterocycles. The molecule has 1 aromatic rings. The molecule has 21 heavy (non-hydrogen) atoms. The maximum absolute atomic E-state index is 3.63. The van der Waals surface area contributed by atoms with Gasteiger partial charge < -0.3 is 5.32 Å². The van der Waals surface area contributed by atoms with Crippen LogP contribution in [0.15, 0.2) is 35.2 Å². The van der Waals surface area contributed by atoms with Gasteiger partial charge in [-0.2, -0.15) is 0 Å². The molecule has 118 valence electrons. The van der Waals surface area contributed by atoms with Crippen molar-refractivity contribution in [3.63, 3.8) is 0 Å². The first-order valence-corrected chi connectivity index (χ1v) is 9.01. The van der Waals surface area contributed by atoms with E-state index in [4.69, 9.17) is 0 Å². The summed E-state index contributed by atoms with van der Waals surface area (Å²) in [7, 11) is 0. The lowest BCUT2D eigenvalue weighted by atomic mass is 9.79. The van der Waals surface area contributed by atoms with E-state index in [2.05, 4.69) is 40.5 Å². The molecule has 1 N–H and O–H groups in total. The van der Waals surface area contributed by atoms with Crippen LogP contribution in [-0.2, 0) is 0 Å². The summed E-state index contributed by atoms with van der Waals surface area (Å²) in [6.07, 6.45) is 7.08. The standard InChI is InChI=1S/C17H26N2S.ClH/c1-3-7-16(8-4-1)20-14-13-19-12-11-18-15-17(19)9-5-2-6-10-17;/h1,3-4,7-8,18H,2,5-6,9-15H2;1H. The molecular weight excluding hydrogens is 300 g/mol. The summed E-state index contributed by atoms with van der Waals surface area (Å²) in [5.41, 5.74) is 0.480. The van der Waals surface area contributed by atoms with E-state index in [1.54, 1.807) is 0 Å². The average Bonchev–Trinajstić information content (AvgIpc) is 2.51. The predicted molar refractivity (Wildman–Crippen MR) is 94.7 cm³/mol. The molecule has 3 rings (SSSR count). The zero-order valence-electron chi connectivity index (χ0n) is 12.7. The normalized spacial score (nSPS) is 21.9. The van der Waals surface area contributed by atoms with Gasteiger partial charge in [0, 0.05) is 42.4 Å². The summed E-state index contributed by atoms with van der Waals surface area (Å²) >= 11 is 2.00. The Morgan fingerprint density at radius 2 is 1.86 bits per heavy atom. The Kier molecular flexibility index (Phi) is 6.87. The molecule has 1 aromatic carbocycles. The monoisotopic (exact) mass is 326 g/mol. The van der Waals surface area contributed by atoms with Gasteiger partial charge in [-0.3, -0.25) is 4.90 Å². The summed E-state index contributed by atoms with van der Waals surface area (Å²) in [5, 5.41) is 3.63. The molecule has 0 atom stereocenters. The minimum absolute atomic E-state index is 0. The van der Waals surface area contributed by atoms with Crippen LogP contribution < -0.4 is 5.32 Å². The lowest BCUT2D eigenvalue weighted by Gasteiger charge is -2.50. The van der Waals surface area contributed by atoms with Gasteiger partial charge in [0.25, 0.3) is 0 Å². The second-order valence-corrected chi connectivity index (χ2v) is 7.28. The van der Waals surface area contributed by atoms with Gasteiger partial charge in [0.15, 0.2) is 0 Å². The molecule has 1 aliphatic carbocycles. The van der Waals surface area contributed by atoms with Crippen LogP contribution in [0.4, 0.5) is 0 Å². The molecular formula is C17H27ClN2S. The number of piperazine rings is 1. The number of benzene rings is 1. The lowest BCUT2D eigenvalue weighted by molar-refractivity contribution is 0.0333. The van der Waals surface area contributed by atoms with Gasteiger partial charge in [0.05, 0.1) is 0 Å². The Morgan fingerprint density at radius 1 is 1.10 bits per heavy atom. The van der Waals surface area contributed by atoms with Crippen molar-refractivity contribution in [3.8, 4) is 0 Å². The third-order valence-corrected chi connectivity index (χ3v) is 5.83. The Balaban J connectivity index is 0.00000161. The van der Waals surface area contributed by atoms with E-state index in [1.807, 2.05) is 11.8 Å². The second-order valence-electron chi connectivity index (χ2n) is 6.11. The molecule has 4 heteroatoms. The zero-order chi connectivity index (χ0) is 13.7. The van der Waals surface area contributed by atoms with Crippen molar-refractivity contribution < 1.29 is 0 Å².